The molecule has 0 aromatic carbocycles. The standard InChI is InChI=1S/C21H34N4O7/c1-12(2)11-14(23-18(28)13(22)7-8-17(26)27)19(29)24-9-3-5-15(24)20(30)25-10-4-6-16(25)21(31)32/h12-16H,3-11,22H2,1-2H3,(H,23,28)(H,26,27)(H,31,32)/t13-,14-,15-,16-/m0/s1. The lowest BCUT2D eigenvalue weighted by Gasteiger charge is -2.33. The second-order valence-electron chi connectivity index (χ2n) is 8.95. The minimum atomic E-state index is -1.07. The first kappa shape index (κ1) is 25.6. The number of amides is 3. The van der Waals surface area contributed by atoms with E-state index in [1.165, 1.54) is 9.80 Å². The Morgan fingerprint density at radius 2 is 1.59 bits per heavy atom. The minimum Gasteiger partial charge on any atom is -0.481 e. The van der Waals surface area contributed by atoms with Crippen molar-refractivity contribution in [1.82, 2.24) is 15.1 Å². The van der Waals surface area contributed by atoms with E-state index in [9.17, 15) is 29.1 Å². The average molecular weight is 455 g/mol. The summed E-state index contributed by atoms with van der Waals surface area (Å²) in [6, 6.07) is -3.60. The Bertz CT molecular complexity index is 742. The van der Waals surface area contributed by atoms with Gasteiger partial charge in [0.15, 0.2) is 0 Å². The van der Waals surface area contributed by atoms with E-state index in [0.717, 1.165) is 0 Å². The number of carboxylic acid groups (broad SMARTS) is 2. The molecule has 0 aromatic rings. The number of carboxylic acids is 2. The molecule has 2 fully saturated rings. The first-order valence-electron chi connectivity index (χ1n) is 11.1. The molecule has 0 saturated carbocycles. The Labute approximate surface area is 187 Å². The van der Waals surface area contributed by atoms with E-state index in [1.807, 2.05) is 13.8 Å². The number of aliphatic carboxylic acids is 2. The van der Waals surface area contributed by atoms with Crippen LogP contribution in [0.2, 0.25) is 0 Å². The van der Waals surface area contributed by atoms with Gasteiger partial charge in [0, 0.05) is 19.5 Å². The largest absolute Gasteiger partial charge is 0.481 e. The van der Waals surface area contributed by atoms with Crippen molar-refractivity contribution in [3.05, 3.63) is 0 Å². The summed E-state index contributed by atoms with van der Waals surface area (Å²) >= 11 is 0. The van der Waals surface area contributed by atoms with Crippen molar-refractivity contribution < 1.29 is 34.2 Å². The predicted molar refractivity (Wildman–Crippen MR) is 113 cm³/mol. The third-order valence-electron chi connectivity index (χ3n) is 5.97. The van der Waals surface area contributed by atoms with Crippen molar-refractivity contribution in [2.75, 3.05) is 13.1 Å². The van der Waals surface area contributed by atoms with Crippen molar-refractivity contribution in [3.8, 4) is 0 Å². The van der Waals surface area contributed by atoms with Gasteiger partial charge in [-0.15, -0.1) is 0 Å². The molecular weight excluding hydrogens is 420 g/mol. The fourth-order valence-electron chi connectivity index (χ4n) is 4.35. The van der Waals surface area contributed by atoms with E-state index in [0.29, 0.717) is 45.2 Å². The number of nitrogens with zero attached hydrogens (tertiary/aromatic N) is 2. The van der Waals surface area contributed by atoms with Gasteiger partial charge in [0.1, 0.15) is 18.1 Å². The number of hydrogen-bond acceptors (Lipinski definition) is 6. The van der Waals surface area contributed by atoms with Gasteiger partial charge < -0.3 is 31.1 Å². The molecule has 11 heteroatoms. The normalized spacial score (nSPS) is 22.6. The molecule has 0 bridgehead atoms. The zero-order valence-electron chi connectivity index (χ0n) is 18.7. The molecule has 11 nitrogen and oxygen atoms in total. The Hall–Kier alpha value is -2.69. The summed E-state index contributed by atoms with van der Waals surface area (Å²) in [5.74, 6) is -3.44. The van der Waals surface area contributed by atoms with Crippen LogP contribution in [0.3, 0.4) is 0 Å². The van der Waals surface area contributed by atoms with E-state index >= 15 is 0 Å². The monoisotopic (exact) mass is 454 g/mol. The van der Waals surface area contributed by atoms with Crippen LogP contribution in [0.4, 0.5) is 0 Å². The van der Waals surface area contributed by atoms with Gasteiger partial charge in [0.2, 0.25) is 17.7 Å². The number of rotatable bonds is 10. The van der Waals surface area contributed by atoms with Gasteiger partial charge in [-0.25, -0.2) is 4.79 Å². The van der Waals surface area contributed by atoms with Crippen molar-refractivity contribution in [2.45, 2.75) is 83.0 Å². The summed E-state index contributed by atoms with van der Waals surface area (Å²) in [5.41, 5.74) is 5.78. The highest BCUT2D eigenvalue weighted by molar-refractivity contribution is 5.94. The number of carbonyl (C=O) groups excluding carboxylic acids is 3. The summed E-state index contributed by atoms with van der Waals surface area (Å²) in [6.07, 6.45) is 2.05. The van der Waals surface area contributed by atoms with Gasteiger partial charge in [-0.3, -0.25) is 19.2 Å². The lowest BCUT2D eigenvalue weighted by Crippen LogP contribution is -2.57. The quantitative estimate of drug-likeness (QED) is 0.351. The highest BCUT2D eigenvalue weighted by Gasteiger charge is 2.43. The van der Waals surface area contributed by atoms with Gasteiger partial charge in [-0.2, -0.15) is 0 Å². The maximum atomic E-state index is 13.3. The molecule has 2 aliphatic heterocycles. The third-order valence-corrected chi connectivity index (χ3v) is 5.97. The number of carbonyl (C=O) groups is 5. The summed E-state index contributed by atoms with van der Waals surface area (Å²) in [5, 5.41) is 20.8. The Balaban J connectivity index is 2.12. The van der Waals surface area contributed by atoms with Gasteiger partial charge >= 0.3 is 11.9 Å². The second kappa shape index (κ2) is 11.3. The van der Waals surface area contributed by atoms with Gasteiger partial charge in [0.25, 0.3) is 0 Å². The van der Waals surface area contributed by atoms with Crippen LogP contribution in [0, 0.1) is 5.92 Å². The van der Waals surface area contributed by atoms with Crippen LogP contribution in [0.1, 0.15) is 58.8 Å². The van der Waals surface area contributed by atoms with Crippen molar-refractivity contribution in [3.63, 3.8) is 0 Å². The second-order valence-corrected chi connectivity index (χ2v) is 8.95. The third kappa shape index (κ3) is 6.41. The van der Waals surface area contributed by atoms with Gasteiger partial charge in [-0.05, 0) is 44.4 Å². The fourth-order valence-corrected chi connectivity index (χ4v) is 4.35. The summed E-state index contributed by atoms with van der Waals surface area (Å²) in [6.45, 7) is 4.48. The van der Waals surface area contributed by atoms with E-state index in [1.54, 1.807) is 0 Å². The van der Waals surface area contributed by atoms with E-state index in [2.05, 4.69) is 5.32 Å². The maximum Gasteiger partial charge on any atom is 0.326 e. The fraction of sp³-hybridized carbons (Fsp3) is 0.762. The maximum absolute atomic E-state index is 13.3. The van der Waals surface area contributed by atoms with Crippen LogP contribution in [-0.2, 0) is 24.0 Å². The lowest BCUT2D eigenvalue weighted by molar-refractivity contribution is -0.152. The number of nitrogens with one attached hydrogen (secondary N) is 1. The number of nitrogens with two attached hydrogens (primary N) is 1. The number of likely N-dealkylation sites (tertiary alicyclic amines) is 2. The van der Waals surface area contributed by atoms with Gasteiger partial charge in [-0.1, -0.05) is 13.8 Å². The van der Waals surface area contributed by atoms with E-state index in [-0.39, 0.29) is 24.7 Å². The molecule has 4 atom stereocenters. The summed E-state index contributed by atoms with van der Waals surface area (Å²) in [4.78, 5) is 63.9. The Morgan fingerprint density at radius 1 is 1.00 bits per heavy atom. The number of hydrogen-bond donors (Lipinski definition) is 4. The topological polar surface area (TPSA) is 170 Å². The Kier molecular flexibility index (Phi) is 8.99. The van der Waals surface area contributed by atoms with E-state index in [4.69, 9.17) is 10.8 Å². The molecule has 0 spiro atoms. The van der Waals surface area contributed by atoms with Crippen LogP contribution in [-0.4, -0.2) is 86.9 Å². The molecule has 3 amide bonds. The van der Waals surface area contributed by atoms with Crippen LogP contribution in [0.15, 0.2) is 0 Å². The molecule has 0 unspecified atom stereocenters. The molecule has 180 valence electrons. The molecule has 2 heterocycles. The average Bonchev–Trinajstić information content (AvgIpc) is 3.39. The summed E-state index contributed by atoms with van der Waals surface area (Å²) < 4.78 is 0. The molecule has 2 aliphatic rings. The Morgan fingerprint density at radius 3 is 2.16 bits per heavy atom. The molecule has 2 rings (SSSR count). The molecule has 5 N–H and O–H groups in total. The van der Waals surface area contributed by atoms with Gasteiger partial charge in [0.05, 0.1) is 6.04 Å². The molecule has 0 radical (unpaired) electrons. The predicted octanol–water partition coefficient (Wildman–Crippen LogP) is -0.224. The van der Waals surface area contributed by atoms with E-state index < -0.39 is 47.9 Å². The first-order chi connectivity index (χ1) is 15.0. The van der Waals surface area contributed by atoms with Crippen molar-refractivity contribution in [1.29, 1.82) is 0 Å². The van der Waals surface area contributed by atoms with Crippen LogP contribution in [0.5, 0.6) is 0 Å². The van der Waals surface area contributed by atoms with Crippen LogP contribution >= 0.6 is 0 Å². The minimum absolute atomic E-state index is 0.0554. The summed E-state index contributed by atoms with van der Waals surface area (Å²) in [7, 11) is 0. The van der Waals surface area contributed by atoms with Crippen LogP contribution in [0.25, 0.3) is 0 Å². The zero-order chi connectivity index (χ0) is 24.0. The zero-order valence-corrected chi connectivity index (χ0v) is 18.7. The molecule has 32 heavy (non-hydrogen) atoms. The van der Waals surface area contributed by atoms with Crippen molar-refractivity contribution >= 4 is 29.7 Å². The van der Waals surface area contributed by atoms with Crippen molar-refractivity contribution in [2.24, 2.45) is 11.7 Å². The highest BCUT2D eigenvalue weighted by atomic mass is 16.4. The molecule has 0 aliphatic carbocycles. The lowest BCUT2D eigenvalue weighted by atomic mass is 10.0. The molecule has 0 aromatic heterocycles. The first-order valence-corrected chi connectivity index (χ1v) is 11.1. The highest BCUT2D eigenvalue weighted by Crippen LogP contribution is 2.26. The molecular formula is C21H34N4O7. The molecule has 2 saturated heterocycles. The van der Waals surface area contributed by atoms with Crippen LogP contribution < -0.4 is 11.1 Å². The SMILES string of the molecule is CC(C)C[C@H](NC(=O)[C@@H](N)CCC(=O)O)C(=O)N1CCC[C@H]1C(=O)N1CCC[C@H]1C(=O)O. The smallest absolute Gasteiger partial charge is 0.326 e.